The zero-order valence-electron chi connectivity index (χ0n) is 14.2. The maximum absolute atomic E-state index is 10.2. The van der Waals surface area contributed by atoms with Crippen LogP contribution in [0.25, 0.3) is 0 Å². The van der Waals surface area contributed by atoms with Gasteiger partial charge in [-0.3, -0.25) is 0 Å². The van der Waals surface area contributed by atoms with E-state index in [0.717, 1.165) is 39.3 Å². The summed E-state index contributed by atoms with van der Waals surface area (Å²) in [6.45, 7) is 9.35. The molecule has 4 N–H and O–H groups in total. The van der Waals surface area contributed by atoms with Gasteiger partial charge in [-0.2, -0.15) is 0 Å². The number of benzene rings is 1. The largest absolute Gasteiger partial charge is 0.391 e. The van der Waals surface area contributed by atoms with Crippen molar-refractivity contribution in [2.45, 2.75) is 18.9 Å². The second kappa shape index (κ2) is 10.0. The van der Waals surface area contributed by atoms with Gasteiger partial charge in [-0.25, -0.2) is 0 Å². The molecule has 5 heteroatoms. The molecule has 130 valence electrons. The van der Waals surface area contributed by atoms with Gasteiger partial charge >= 0.3 is 0 Å². The van der Waals surface area contributed by atoms with Crippen molar-refractivity contribution in [1.82, 2.24) is 0 Å². The van der Waals surface area contributed by atoms with Crippen LogP contribution in [0.15, 0.2) is 30.3 Å². The van der Waals surface area contributed by atoms with Gasteiger partial charge < -0.3 is 24.7 Å². The van der Waals surface area contributed by atoms with Crippen molar-refractivity contribution < 1.29 is 24.7 Å². The van der Waals surface area contributed by atoms with Crippen molar-refractivity contribution in [1.29, 1.82) is 0 Å². The van der Waals surface area contributed by atoms with Gasteiger partial charge in [-0.15, -0.1) is 0 Å². The summed E-state index contributed by atoms with van der Waals surface area (Å²) in [6, 6.07) is 10.3. The van der Waals surface area contributed by atoms with Crippen molar-refractivity contribution in [2.75, 3.05) is 59.1 Å². The highest BCUT2D eigenvalue weighted by Crippen LogP contribution is 2.14. The molecule has 0 aromatic heterocycles. The minimum absolute atomic E-state index is 0.265. The molecular formula is C18H32N2O3+2. The molecule has 0 bridgehead atoms. The number of aliphatic hydroxyl groups is 2. The van der Waals surface area contributed by atoms with Crippen LogP contribution in [0.2, 0.25) is 0 Å². The predicted molar refractivity (Wildman–Crippen MR) is 89.9 cm³/mol. The Labute approximate surface area is 139 Å². The highest BCUT2D eigenvalue weighted by atomic mass is 16.5. The first-order chi connectivity index (χ1) is 11.2. The molecule has 0 amide bonds. The third-order valence-electron chi connectivity index (χ3n) is 4.70. The molecule has 2 rings (SSSR count). The van der Waals surface area contributed by atoms with Crippen LogP contribution in [-0.4, -0.2) is 75.4 Å². The third kappa shape index (κ3) is 6.57. The van der Waals surface area contributed by atoms with Crippen molar-refractivity contribution in [3.8, 4) is 0 Å². The molecular weight excluding hydrogens is 292 g/mol. The predicted octanol–water partition coefficient (Wildman–Crippen LogP) is -2.06. The molecule has 1 fully saturated rings. The Balaban J connectivity index is 1.59. The highest BCUT2D eigenvalue weighted by Gasteiger charge is 2.24. The van der Waals surface area contributed by atoms with Gasteiger partial charge in [0, 0.05) is 5.92 Å². The Morgan fingerprint density at radius 2 is 1.70 bits per heavy atom. The highest BCUT2D eigenvalue weighted by molar-refractivity contribution is 5.18. The van der Waals surface area contributed by atoms with Gasteiger partial charge in [0.25, 0.3) is 0 Å². The minimum Gasteiger partial charge on any atom is -0.391 e. The summed E-state index contributed by atoms with van der Waals surface area (Å²) in [7, 11) is 0. The Hall–Kier alpha value is -0.980. The Kier molecular flexibility index (Phi) is 7.99. The van der Waals surface area contributed by atoms with Crippen molar-refractivity contribution in [3.05, 3.63) is 35.9 Å². The number of rotatable bonds is 9. The molecule has 0 unspecified atom stereocenters. The summed E-state index contributed by atoms with van der Waals surface area (Å²) in [5.41, 5.74) is 1.27. The summed E-state index contributed by atoms with van der Waals surface area (Å²) in [6.07, 6.45) is -0.396. The zero-order chi connectivity index (χ0) is 16.5. The summed E-state index contributed by atoms with van der Waals surface area (Å²) < 4.78 is 5.71. The van der Waals surface area contributed by atoms with E-state index in [2.05, 4.69) is 19.1 Å². The normalized spacial score (nSPS) is 24.3. The van der Waals surface area contributed by atoms with E-state index in [1.165, 1.54) is 15.4 Å². The monoisotopic (exact) mass is 324 g/mol. The molecule has 1 aliphatic heterocycles. The standard InChI is InChI=1S/C18H30N2O3/c1-16(17-5-3-2-4-6-17)14-23-15-18(22)13-20-9-7-19(8-10-20)11-12-21/h2-6,16,18,21-22H,7-15H2,1H3/p+2/t16-,18+/m0/s1. The molecule has 2 atom stereocenters. The summed E-state index contributed by atoms with van der Waals surface area (Å²) >= 11 is 0. The number of ether oxygens (including phenoxy) is 1. The summed E-state index contributed by atoms with van der Waals surface area (Å²) in [5.74, 6) is 0.348. The number of aliphatic hydroxyl groups excluding tert-OH is 2. The van der Waals surface area contributed by atoms with Gasteiger partial charge in [0.2, 0.25) is 0 Å². The number of hydrogen-bond donors (Lipinski definition) is 4. The van der Waals surface area contributed by atoms with E-state index >= 15 is 0 Å². The van der Waals surface area contributed by atoms with E-state index in [1.54, 1.807) is 0 Å². The third-order valence-corrected chi connectivity index (χ3v) is 4.70. The van der Waals surface area contributed by atoms with E-state index in [0.29, 0.717) is 19.1 Å². The Bertz CT molecular complexity index is 422. The van der Waals surface area contributed by atoms with E-state index in [9.17, 15) is 5.11 Å². The lowest BCUT2D eigenvalue weighted by molar-refractivity contribution is -1.01. The lowest BCUT2D eigenvalue weighted by atomic mass is 10.0. The van der Waals surface area contributed by atoms with Crippen LogP contribution in [0.4, 0.5) is 0 Å². The first kappa shape index (κ1) is 18.4. The lowest BCUT2D eigenvalue weighted by Gasteiger charge is -2.30. The van der Waals surface area contributed by atoms with Crippen LogP contribution in [0, 0.1) is 0 Å². The fourth-order valence-electron chi connectivity index (χ4n) is 3.22. The van der Waals surface area contributed by atoms with Crippen LogP contribution in [0.3, 0.4) is 0 Å². The number of piperazine rings is 1. The summed E-state index contributed by atoms with van der Waals surface area (Å²) in [4.78, 5) is 2.91. The summed E-state index contributed by atoms with van der Waals surface area (Å²) in [5, 5.41) is 19.1. The van der Waals surface area contributed by atoms with E-state index < -0.39 is 6.10 Å². The van der Waals surface area contributed by atoms with Crippen molar-refractivity contribution in [3.63, 3.8) is 0 Å². The number of quaternary nitrogens is 2. The smallest absolute Gasteiger partial charge is 0.127 e. The van der Waals surface area contributed by atoms with Crippen LogP contribution >= 0.6 is 0 Å². The molecule has 0 aliphatic carbocycles. The molecule has 1 aliphatic rings. The van der Waals surface area contributed by atoms with Crippen LogP contribution < -0.4 is 9.80 Å². The molecule has 0 spiro atoms. The quantitative estimate of drug-likeness (QED) is 0.423. The molecule has 1 aromatic carbocycles. The van der Waals surface area contributed by atoms with Gasteiger partial charge in [0.1, 0.15) is 45.4 Å². The molecule has 0 saturated carbocycles. The van der Waals surface area contributed by atoms with E-state index in [1.807, 2.05) is 18.2 Å². The van der Waals surface area contributed by atoms with E-state index in [-0.39, 0.29) is 6.61 Å². The van der Waals surface area contributed by atoms with Gasteiger partial charge in [0.05, 0.1) is 19.8 Å². The number of nitrogens with one attached hydrogen (secondary N) is 2. The van der Waals surface area contributed by atoms with Crippen molar-refractivity contribution in [2.24, 2.45) is 0 Å². The maximum Gasteiger partial charge on any atom is 0.127 e. The SMILES string of the molecule is C[C@@H](COC[C@H](O)C[NH+]1CC[NH+](CCO)CC1)c1ccccc1. The second-order valence-corrected chi connectivity index (χ2v) is 6.68. The average molecular weight is 324 g/mol. The van der Waals surface area contributed by atoms with Crippen LogP contribution in [-0.2, 0) is 4.74 Å². The Morgan fingerprint density at radius 1 is 1.04 bits per heavy atom. The molecule has 1 heterocycles. The van der Waals surface area contributed by atoms with E-state index in [4.69, 9.17) is 9.84 Å². The first-order valence-corrected chi connectivity index (χ1v) is 8.77. The molecule has 23 heavy (non-hydrogen) atoms. The number of hydrogen-bond acceptors (Lipinski definition) is 3. The van der Waals surface area contributed by atoms with Crippen molar-refractivity contribution >= 4 is 0 Å². The first-order valence-electron chi connectivity index (χ1n) is 8.77. The molecule has 1 saturated heterocycles. The minimum atomic E-state index is -0.396. The molecule has 5 nitrogen and oxygen atoms in total. The Morgan fingerprint density at radius 3 is 2.35 bits per heavy atom. The molecule has 1 aromatic rings. The second-order valence-electron chi connectivity index (χ2n) is 6.68. The van der Waals surface area contributed by atoms with Gasteiger partial charge in [-0.1, -0.05) is 37.3 Å². The fourth-order valence-corrected chi connectivity index (χ4v) is 3.22. The topological polar surface area (TPSA) is 58.6 Å². The molecule has 0 radical (unpaired) electrons. The average Bonchev–Trinajstić information content (AvgIpc) is 2.57. The van der Waals surface area contributed by atoms with Gasteiger partial charge in [0.15, 0.2) is 0 Å². The fraction of sp³-hybridized carbons (Fsp3) is 0.667. The zero-order valence-corrected chi connectivity index (χ0v) is 14.2. The maximum atomic E-state index is 10.2. The van der Waals surface area contributed by atoms with Crippen LogP contribution in [0.1, 0.15) is 18.4 Å². The van der Waals surface area contributed by atoms with Gasteiger partial charge in [-0.05, 0) is 5.56 Å². The lowest BCUT2D eigenvalue weighted by Crippen LogP contribution is -3.28. The van der Waals surface area contributed by atoms with Crippen LogP contribution in [0.5, 0.6) is 0 Å².